The van der Waals surface area contributed by atoms with Crippen molar-refractivity contribution in [2.45, 2.75) is 20.8 Å². The number of carboxylic acids is 3. The lowest BCUT2D eigenvalue weighted by Crippen LogP contribution is -1.80. The number of fused-ring (bicyclic) bond motifs is 2. The maximum atomic E-state index is 10.2. The fourth-order valence-electron chi connectivity index (χ4n) is 2.16. The summed E-state index contributed by atoms with van der Waals surface area (Å²) in [5.41, 5.74) is 0. The Kier molecular flexibility index (Phi) is 10.0. The number of aromatic hydroxyl groups is 3. The number of aliphatic carboxylic acids is 3. The topological polar surface area (TPSA) is 173 Å². The van der Waals surface area contributed by atoms with Gasteiger partial charge in [-0.15, -0.1) is 0 Å². The van der Waals surface area contributed by atoms with Crippen molar-refractivity contribution in [3.63, 3.8) is 0 Å². The zero-order valence-corrected chi connectivity index (χ0v) is 15.9. The van der Waals surface area contributed by atoms with Crippen LogP contribution in [0.5, 0.6) is 17.2 Å². The van der Waals surface area contributed by atoms with Crippen molar-refractivity contribution in [2.75, 3.05) is 0 Å². The summed E-state index contributed by atoms with van der Waals surface area (Å²) in [5.74, 6) is -2.58. The number of benzene rings is 3. The van der Waals surface area contributed by atoms with Crippen LogP contribution in [0.1, 0.15) is 20.8 Å². The van der Waals surface area contributed by atoms with Crippen molar-refractivity contribution in [1.29, 1.82) is 0 Å². The SMILES string of the molecule is CC(=O)O.CC(=O)O.CC(=O)O.Oc1cccc2cc3cccc(O)c3c(O)c12. The van der Waals surface area contributed by atoms with Gasteiger partial charge in [0.05, 0.1) is 10.8 Å². The molecule has 0 amide bonds. The van der Waals surface area contributed by atoms with Crippen molar-refractivity contribution in [3.8, 4) is 17.2 Å². The fraction of sp³-hybridized carbons (Fsp3) is 0.150. The highest BCUT2D eigenvalue weighted by Crippen LogP contribution is 2.41. The molecule has 0 aliphatic heterocycles. The molecule has 0 atom stereocenters. The predicted molar refractivity (Wildman–Crippen MR) is 106 cm³/mol. The smallest absolute Gasteiger partial charge is 0.300 e. The van der Waals surface area contributed by atoms with E-state index in [-0.39, 0.29) is 17.2 Å². The van der Waals surface area contributed by atoms with Crippen molar-refractivity contribution < 1.29 is 45.0 Å². The Balaban J connectivity index is 0.000000544. The van der Waals surface area contributed by atoms with Crippen molar-refractivity contribution in [2.24, 2.45) is 0 Å². The van der Waals surface area contributed by atoms with E-state index in [1.54, 1.807) is 24.3 Å². The average molecular weight is 406 g/mol. The lowest BCUT2D eigenvalue weighted by molar-refractivity contribution is -0.135. The molecule has 0 aliphatic rings. The van der Waals surface area contributed by atoms with Crippen molar-refractivity contribution in [1.82, 2.24) is 0 Å². The van der Waals surface area contributed by atoms with E-state index in [4.69, 9.17) is 29.7 Å². The molecular formula is C20H22O9. The summed E-state index contributed by atoms with van der Waals surface area (Å²) in [6, 6.07) is 11.9. The Morgan fingerprint density at radius 2 is 0.897 bits per heavy atom. The summed E-state index contributed by atoms with van der Waals surface area (Å²) in [6.07, 6.45) is 0. The van der Waals surface area contributed by atoms with Crippen LogP contribution in [0.15, 0.2) is 42.5 Å². The van der Waals surface area contributed by atoms with Crippen LogP contribution in [0.2, 0.25) is 0 Å². The van der Waals surface area contributed by atoms with Crippen LogP contribution in [0.3, 0.4) is 0 Å². The highest BCUT2D eigenvalue weighted by atomic mass is 16.4. The minimum absolute atomic E-state index is 0.00477. The molecule has 0 aromatic heterocycles. The van der Waals surface area contributed by atoms with Crippen molar-refractivity contribution in [3.05, 3.63) is 42.5 Å². The van der Waals surface area contributed by atoms with Gasteiger partial charge in [0.25, 0.3) is 17.9 Å². The Morgan fingerprint density at radius 3 is 1.17 bits per heavy atom. The highest BCUT2D eigenvalue weighted by Gasteiger charge is 2.12. The molecule has 0 saturated heterocycles. The van der Waals surface area contributed by atoms with Gasteiger partial charge in [0.15, 0.2) is 0 Å². The third-order valence-corrected chi connectivity index (χ3v) is 2.93. The molecule has 3 aromatic rings. The summed E-state index contributed by atoms with van der Waals surface area (Å²) in [4.78, 5) is 27.0. The van der Waals surface area contributed by atoms with E-state index in [1.165, 1.54) is 12.1 Å². The number of carboxylic acid groups (broad SMARTS) is 3. The summed E-state index contributed by atoms with van der Waals surface area (Å²) in [6.45, 7) is 3.25. The Morgan fingerprint density at radius 1 is 0.621 bits per heavy atom. The molecule has 0 bridgehead atoms. The number of hydrogen-bond donors (Lipinski definition) is 6. The van der Waals surface area contributed by atoms with Crippen LogP contribution in [0.25, 0.3) is 21.5 Å². The molecule has 9 nitrogen and oxygen atoms in total. The van der Waals surface area contributed by atoms with Gasteiger partial charge < -0.3 is 30.6 Å². The number of carbonyl (C=O) groups is 3. The Hall–Kier alpha value is -4.01. The molecule has 156 valence electrons. The molecule has 0 spiro atoms. The van der Waals surface area contributed by atoms with Crippen LogP contribution >= 0.6 is 0 Å². The minimum Gasteiger partial charge on any atom is -0.507 e. The molecule has 3 aromatic carbocycles. The van der Waals surface area contributed by atoms with Gasteiger partial charge >= 0.3 is 0 Å². The van der Waals surface area contributed by atoms with E-state index in [9.17, 15) is 15.3 Å². The third-order valence-electron chi connectivity index (χ3n) is 2.93. The first-order valence-corrected chi connectivity index (χ1v) is 8.02. The standard InChI is InChI=1S/C14H10O3.3C2H4O2/c15-10-5-1-3-8-7-9-4-2-6-11(16)13(9)14(17)12(8)10;3*1-2(3)4/h1-7,15-17H;3*1H3,(H,3,4). The average Bonchev–Trinajstić information content (AvgIpc) is 2.53. The minimum atomic E-state index is -0.833. The first kappa shape index (κ1) is 25.0. The van der Waals surface area contributed by atoms with E-state index in [1.807, 2.05) is 6.07 Å². The lowest BCUT2D eigenvalue weighted by Gasteiger charge is -2.08. The number of hydrogen-bond acceptors (Lipinski definition) is 6. The van der Waals surface area contributed by atoms with Crippen LogP contribution in [-0.4, -0.2) is 48.5 Å². The molecule has 0 radical (unpaired) electrons. The third kappa shape index (κ3) is 8.96. The monoisotopic (exact) mass is 406 g/mol. The van der Waals surface area contributed by atoms with E-state index in [0.717, 1.165) is 31.5 Å². The summed E-state index contributed by atoms with van der Waals surface area (Å²) in [5, 5.41) is 54.1. The molecular weight excluding hydrogens is 384 g/mol. The summed E-state index contributed by atoms with van der Waals surface area (Å²) in [7, 11) is 0. The van der Waals surface area contributed by atoms with Gasteiger partial charge in [-0.25, -0.2) is 0 Å². The van der Waals surface area contributed by atoms with E-state index >= 15 is 0 Å². The Bertz CT molecular complexity index is 909. The largest absolute Gasteiger partial charge is 0.507 e. The van der Waals surface area contributed by atoms with Gasteiger partial charge in [-0.05, 0) is 29.0 Å². The normalized spacial score (nSPS) is 9.07. The molecule has 0 aliphatic carbocycles. The van der Waals surface area contributed by atoms with E-state index < -0.39 is 17.9 Å². The molecule has 0 fully saturated rings. The number of rotatable bonds is 0. The van der Waals surface area contributed by atoms with Crippen LogP contribution < -0.4 is 0 Å². The van der Waals surface area contributed by atoms with Gasteiger partial charge in [-0.1, -0.05) is 24.3 Å². The molecule has 6 N–H and O–H groups in total. The second-order valence-corrected chi connectivity index (χ2v) is 5.53. The number of phenolic OH excluding ortho intramolecular Hbond substituents is 3. The summed E-state index contributed by atoms with van der Waals surface area (Å²) >= 11 is 0. The van der Waals surface area contributed by atoms with Gasteiger partial charge in [0.2, 0.25) is 0 Å². The molecule has 3 rings (SSSR count). The first-order chi connectivity index (χ1) is 13.4. The first-order valence-electron chi connectivity index (χ1n) is 8.02. The van der Waals surface area contributed by atoms with Crippen LogP contribution in [0.4, 0.5) is 0 Å². The quantitative estimate of drug-likeness (QED) is 0.306. The second kappa shape index (κ2) is 11.7. The van der Waals surface area contributed by atoms with Gasteiger partial charge in [-0.3, -0.25) is 14.4 Å². The molecule has 9 heteroatoms. The predicted octanol–water partition coefficient (Wildman–Crippen LogP) is 3.38. The maximum absolute atomic E-state index is 10.2. The molecule has 29 heavy (non-hydrogen) atoms. The molecule has 0 saturated carbocycles. The fourth-order valence-corrected chi connectivity index (χ4v) is 2.16. The zero-order chi connectivity index (χ0) is 22.7. The Labute approximate surface area is 165 Å². The highest BCUT2D eigenvalue weighted by molar-refractivity contribution is 6.09. The van der Waals surface area contributed by atoms with E-state index in [0.29, 0.717) is 10.8 Å². The molecule has 0 unspecified atom stereocenters. The van der Waals surface area contributed by atoms with Gasteiger partial charge in [-0.2, -0.15) is 0 Å². The zero-order valence-electron chi connectivity index (χ0n) is 15.9. The van der Waals surface area contributed by atoms with Gasteiger partial charge in [0, 0.05) is 20.8 Å². The number of phenols is 3. The lowest BCUT2D eigenvalue weighted by atomic mass is 10.0. The van der Waals surface area contributed by atoms with E-state index in [2.05, 4.69) is 0 Å². The van der Waals surface area contributed by atoms with Crippen LogP contribution in [-0.2, 0) is 14.4 Å². The molecule has 0 heterocycles. The maximum Gasteiger partial charge on any atom is 0.300 e. The van der Waals surface area contributed by atoms with Crippen molar-refractivity contribution >= 4 is 39.5 Å². The van der Waals surface area contributed by atoms with Gasteiger partial charge in [0.1, 0.15) is 17.2 Å². The van der Waals surface area contributed by atoms with Crippen LogP contribution in [0, 0.1) is 0 Å². The summed E-state index contributed by atoms with van der Waals surface area (Å²) < 4.78 is 0. The second-order valence-electron chi connectivity index (χ2n) is 5.53.